The molecule has 0 atom stereocenters. The van der Waals surface area contributed by atoms with Crippen LogP contribution in [-0.4, -0.2) is 48.3 Å². The number of hydrogen-bond donors (Lipinski definition) is 4. The van der Waals surface area contributed by atoms with Gasteiger partial charge in [0, 0.05) is 6.04 Å². The molecule has 3 rings (SSSR count). The number of halogens is 1. The number of nitrogens with one attached hydrogen (secondary N) is 4. The second-order valence-corrected chi connectivity index (χ2v) is 6.33. The van der Waals surface area contributed by atoms with Gasteiger partial charge in [-0.05, 0) is 38.1 Å². The number of H-pyrrole nitrogens is 1. The first-order valence-corrected chi connectivity index (χ1v) is 8.66. The van der Waals surface area contributed by atoms with E-state index >= 15 is 0 Å². The third-order valence-electron chi connectivity index (χ3n) is 4.21. The average Bonchev–Trinajstić information content (AvgIpc) is 3.10. The minimum atomic E-state index is -0.482. The predicted molar refractivity (Wildman–Crippen MR) is 97.9 cm³/mol. The van der Waals surface area contributed by atoms with E-state index in [1.807, 2.05) is 0 Å². The van der Waals surface area contributed by atoms with Gasteiger partial charge in [-0.25, -0.2) is 0 Å². The maximum atomic E-state index is 12.6. The number of nitrogens with zero attached hydrogens (tertiary/aromatic N) is 1. The molecule has 9 heteroatoms. The normalized spacial score (nSPS) is 14.7. The van der Waals surface area contributed by atoms with E-state index in [9.17, 15) is 9.59 Å². The van der Waals surface area contributed by atoms with E-state index < -0.39 is 5.91 Å². The van der Waals surface area contributed by atoms with Crippen LogP contribution in [0.5, 0.6) is 5.75 Å². The zero-order valence-corrected chi connectivity index (χ0v) is 15.0. The van der Waals surface area contributed by atoms with Crippen molar-refractivity contribution in [3.8, 4) is 5.75 Å². The van der Waals surface area contributed by atoms with Gasteiger partial charge in [-0.3, -0.25) is 14.7 Å². The first kappa shape index (κ1) is 18.2. The van der Waals surface area contributed by atoms with Crippen molar-refractivity contribution in [2.75, 3.05) is 25.5 Å². The Morgan fingerprint density at radius 3 is 2.77 bits per heavy atom. The highest BCUT2D eigenvalue weighted by molar-refractivity contribution is 6.35. The smallest absolute Gasteiger partial charge is 0.271 e. The summed E-state index contributed by atoms with van der Waals surface area (Å²) in [6.07, 6.45) is 3.11. The Morgan fingerprint density at radius 1 is 1.27 bits per heavy atom. The highest BCUT2D eigenvalue weighted by atomic mass is 35.5. The summed E-state index contributed by atoms with van der Waals surface area (Å²) >= 11 is 6.12. The van der Waals surface area contributed by atoms with Gasteiger partial charge >= 0.3 is 0 Å². The number of ether oxygens (including phenoxy) is 1. The van der Waals surface area contributed by atoms with Crippen LogP contribution >= 0.6 is 11.6 Å². The van der Waals surface area contributed by atoms with Crippen molar-refractivity contribution in [2.45, 2.75) is 18.9 Å². The van der Waals surface area contributed by atoms with Crippen molar-refractivity contribution in [2.24, 2.45) is 0 Å². The van der Waals surface area contributed by atoms with E-state index in [4.69, 9.17) is 16.3 Å². The largest absolute Gasteiger partial charge is 0.496 e. The number of carbonyl (C=O) groups is 2. The average molecular weight is 378 g/mol. The molecule has 0 bridgehead atoms. The molecule has 1 saturated heterocycles. The first-order valence-electron chi connectivity index (χ1n) is 8.29. The molecular weight excluding hydrogens is 358 g/mol. The van der Waals surface area contributed by atoms with Gasteiger partial charge in [0.05, 0.1) is 24.0 Å². The molecule has 8 nitrogen and oxygen atoms in total. The molecule has 0 radical (unpaired) electrons. The zero-order valence-electron chi connectivity index (χ0n) is 14.3. The van der Waals surface area contributed by atoms with E-state index in [2.05, 4.69) is 26.1 Å². The molecule has 138 valence electrons. The Bertz CT molecular complexity index is 801. The summed E-state index contributed by atoms with van der Waals surface area (Å²) in [5, 5.41) is 15.6. The maximum absolute atomic E-state index is 12.6. The molecule has 1 aliphatic heterocycles. The van der Waals surface area contributed by atoms with E-state index in [-0.39, 0.29) is 33.9 Å². The van der Waals surface area contributed by atoms with Gasteiger partial charge < -0.3 is 20.7 Å². The van der Waals surface area contributed by atoms with Gasteiger partial charge in [-0.2, -0.15) is 5.10 Å². The van der Waals surface area contributed by atoms with Crippen LogP contribution in [0.15, 0.2) is 24.4 Å². The number of aromatic nitrogens is 2. The number of piperidine rings is 1. The molecule has 4 N–H and O–H groups in total. The standard InChI is InChI=1S/C17H20ClN5O3/c1-26-13-4-2-3-11(18)14(13)16(24)22-12-9-20-23-15(12)17(25)21-10-5-7-19-8-6-10/h2-4,9-10,19H,5-8H2,1H3,(H,20,23)(H,21,25)(H,22,24). The lowest BCUT2D eigenvalue weighted by atomic mass is 10.1. The molecule has 1 aromatic carbocycles. The molecule has 2 aromatic rings. The Hall–Kier alpha value is -2.58. The quantitative estimate of drug-likeness (QED) is 0.635. The molecule has 2 amide bonds. The van der Waals surface area contributed by atoms with Gasteiger partial charge in [0.25, 0.3) is 11.8 Å². The van der Waals surface area contributed by atoms with E-state index in [1.165, 1.54) is 13.3 Å². The number of aromatic amines is 1. The summed E-state index contributed by atoms with van der Waals surface area (Å²) in [7, 11) is 1.46. The van der Waals surface area contributed by atoms with Gasteiger partial charge in [-0.15, -0.1) is 0 Å². The lowest BCUT2D eigenvalue weighted by Crippen LogP contribution is -2.43. The molecule has 2 heterocycles. The second-order valence-electron chi connectivity index (χ2n) is 5.93. The number of carbonyl (C=O) groups excluding carboxylic acids is 2. The zero-order chi connectivity index (χ0) is 18.5. The Labute approximate surface area is 155 Å². The van der Waals surface area contributed by atoms with Crippen molar-refractivity contribution in [1.82, 2.24) is 20.8 Å². The van der Waals surface area contributed by atoms with E-state index in [1.54, 1.807) is 18.2 Å². The molecule has 0 spiro atoms. The van der Waals surface area contributed by atoms with Crippen molar-refractivity contribution < 1.29 is 14.3 Å². The molecule has 0 unspecified atom stereocenters. The first-order chi connectivity index (χ1) is 12.6. The van der Waals surface area contributed by atoms with Gasteiger partial charge in [0.2, 0.25) is 0 Å². The Kier molecular flexibility index (Phi) is 5.75. The molecular formula is C17H20ClN5O3. The molecule has 1 aliphatic rings. The summed E-state index contributed by atoms with van der Waals surface area (Å²) in [6.45, 7) is 1.73. The predicted octanol–water partition coefficient (Wildman–Crippen LogP) is 1.81. The van der Waals surface area contributed by atoms with Crippen LogP contribution in [0.25, 0.3) is 0 Å². The maximum Gasteiger partial charge on any atom is 0.271 e. The summed E-state index contributed by atoms with van der Waals surface area (Å²) in [5.41, 5.74) is 0.675. The Balaban J connectivity index is 1.74. The summed E-state index contributed by atoms with van der Waals surface area (Å²) in [4.78, 5) is 25.1. The second kappa shape index (κ2) is 8.20. The number of methoxy groups -OCH3 is 1. The van der Waals surface area contributed by atoms with E-state index in [0.29, 0.717) is 5.75 Å². The number of benzene rings is 1. The minimum absolute atomic E-state index is 0.0965. The fourth-order valence-electron chi connectivity index (χ4n) is 2.86. The molecule has 1 fully saturated rings. The van der Waals surface area contributed by atoms with Crippen LogP contribution < -0.4 is 20.7 Å². The molecule has 0 saturated carbocycles. The third-order valence-corrected chi connectivity index (χ3v) is 4.53. The molecule has 0 aliphatic carbocycles. The number of anilines is 1. The molecule has 26 heavy (non-hydrogen) atoms. The number of amides is 2. The topological polar surface area (TPSA) is 108 Å². The van der Waals surface area contributed by atoms with Gasteiger partial charge in [0.1, 0.15) is 17.0 Å². The van der Waals surface area contributed by atoms with Crippen LogP contribution in [0, 0.1) is 0 Å². The fourth-order valence-corrected chi connectivity index (χ4v) is 3.11. The van der Waals surface area contributed by atoms with E-state index in [0.717, 1.165) is 25.9 Å². The van der Waals surface area contributed by atoms with Gasteiger partial charge in [-0.1, -0.05) is 17.7 Å². The van der Waals surface area contributed by atoms with Gasteiger partial charge in [0.15, 0.2) is 0 Å². The number of hydrogen-bond acceptors (Lipinski definition) is 5. The fraction of sp³-hybridized carbons (Fsp3) is 0.353. The van der Waals surface area contributed by atoms with Crippen molar-refractivity contribution >= 4 is 29.1 Å². The van der Waals surface area contributed by atoms with Crippen LogP contribution in [0.3, 0.4) is 0 Å². The van der Waals surface area contributed by atoms with Crippen LogP contribution in [0.2, 0.25) is 5.02 Å². The lowest BCUT2D eigenvalue weighted by Gasteiger charge is -2.23. The van der Waals surface area contributed by atoms with Crippen LogP contribution in [0.4, 0.5) is 5.69 Å². The highest BCUT2D eigenvalue weighted by Gasteiger charge is 2.23. The lowest BCUT2D eigenvalue weighted by molar-refractivity contribution is 0.0925. The minimum Gasteiger partial charge on any atom is -0.496 e. The summed E-state index contributed by atoms with van der Waals surface area (Å²) in [6, 6.07) is 5.02. The molecule has 1 aromatic heterocycles. The van der Waals surface area contributed by atoms with Crippen LogP contribution in [-0.2, 0) is 0 Å². The monoisotopic (exact) mass is 377 g/mol. The highest BCUT2D eigenvalue weighted by Crippen LogP contribution is 2.27. The van der Waals surface area contributed by atoms with Crippen molar-refractivity contribution in [1.29, 1.82) is 0 Å². The third kappa shape index (κ3) is 3.97. The Morgan fingerprint density at radius 2 is 2.04 bits per heavy atom. The summed E-state index contributed by atoms with van der Waals surface area (Å²) < 4.78 is 5.19. The van der Waals surface area contributed by atoms with Crippen molar-refractivity contribution in [3.05, 3.63) is 40.7 Å². The van der Waals surface area contributed by atoms with Crippen molar-refractivity contribution in [3.63, 3.8) is 0 Å². The SMILES string of the molecule is COc1cccc(Cl)c1C(=O)Nc1cn[nH]c1C(=O)NC1CCNCC1. The number of rotatable bonds is 5. The van der Waals surface area contributed by atoms with Crippen LogP contribution in [0.1, 0.15) is 33.7 Å². The summed E-state index contributed by atoms with van der Waals surface area (Å²) in [5.74, 6) is -0.445.